The van der Waals surface area contributed by atoms with Crippen molar-refractivity contribution in [2.24, 2.45) is 0 Å². The number of ether oxygens (including phenoxy) is 1. The van der Waals surface area contributed by atoms with Crippen LogP contribution in [0.4, 0.5) is 5.69 Å². The first kappa shape index (κ1) is 19.2. The zero-order valence-electron chi connectivity index (χ0n) is 16.3. The number of benzene rings is 3. The summed E-state index contributed by atoms with van der Waals surface area (Å²) in [4.78, 5) is 27.7. The number of aryl methyl sites for hydroxylation is 1. The maximum atomic E-state index is 13.4. The van der Waals surface area contributed by atoms with Crippen LogP contribution in [0.3, 0.4) is 0 Å². The van der Waals surface area contributed by atoms with Gasteiger partial charge in [-0.1, -0.05) is 48.0 Å². The van der Waals surface area contributed by atoms with Gasteiger partial charge in [0, 0.05) is 11.1 Å². The number of hydrogen-bond donors (Lipinski definition) is 0. The van der Waals surface area contributed by atoms with E-state index in [1.807, 2.05) is 43.3 Å². The average molecular weight is 394 g/mol. The standard InChI is InChI=1S/C25H18N2O3/c1-17-6-10-19(11-7-17)27-24(28)22-5-3-2-4-21(22)23(25(27)29)16-18-8-12-20(13-9-18)30-15-14-26/h2-13,16H,15H2,1H3/b23-16-. The molecular formula is C25H18N2O3. The van der Waals surface area contributed by atoms with Crippen LogP contribution in [0.1, 0.15) is 27.0 Å². The lowest BCUT2D eigenvalue weighted by Gasteiger charge is -2.28. The van der Waals surface area contributed by atoms with Crippen molar-refractivity contribution in [3.8, 4) is 11.8 Å². The molecule has 0 aliphatic carbocycles. The van der Waals surface area contributed by atoms with Crippen molar-refractivity contribution in [2.75, 3.05) is 11.5 Å². The SMILES string of the molecule is Cc1ccc(N2C(=O)/C(=C\c3ccc(OCC#N)cc3)c3ccccc3C2=O)cc1. The van der Waals surface area contributed by atoms with E-state index in [1.54, 1.807) is 48.5 Å². The van der Waals surface area contributed by atoms with Gasteiger partial charge in [-0.05, 0) is 54.5 Å². The quantitative estimate of drug-likeness (QED) is 0.478. The molecule has 0 N–H and O–H groups in total. The Balaban J connectivity index is 1.78. The molecule has 0 aromatic heterocycles. The Bertz CT molecular complexity index is 1190. The van der Waals surface area contributed by atoms with Crippen molar-refractivity contribution in [3.05, 3.63) is 95.1 Å². The molecule has 146 valence electrons. The number of hydrogen-bond acceptors (Lipinski definition) is 4. The number of rotatable bonds is 4. The summed E-state index contributed by atoms with van der Waals surface area (Å²) in [5.41, 5.74) is 3.91. The maximum absolute atomic E-state index is 13.4. The molecule has 30 heavy (non-hydrogen) atoms. The van der Waals surface area contributed by atoms with Crippen LogP contribution in [0.25, 0.3) is 11.6 Å². The molecule has 0 atom stereocenters. The van der Waals surface area contributed by atoms with Gasteiger partial charge in [0.25, 0.3) is 11.8 Å². The molecule has 1 heterocycles. The van der Waals surface area contributed by atoms with Crippen LogP contribution in [0.15, 0.2) is 72.8 Å². The van der Waals surface area contributed by atoms with Crippen molar-refractivity contribution in [2.45, 2.75) is 6.92 Å². The second-order valence-electron chi connectivity index (χ2n) is 6.90. The van der Waals surface area contributed by atoms with Crippen LogP contribution in [-0.2, 0) is 4.79 Å². The van der Waals surface area contributed by atoms with Crippen molar-refractivity contribution in [3.63, 3.8) is 0 Å². The van der Waals surface area contributed by atoms with Crippen LogP contribution in [0.5, 0.6) is 5.75 Å². The smallest absolute Gasteiger partial charge is 0.265 e. The number of carbonyl (C=O) groups is 2. The lowest BCUT2D eigenvalue weighted by molar-refractivity contribution is -0.112. The number of carbonyl (C=O) groups excluding carboxylic acids is 2. The molecule has 0 unspecified atom stereocenters. The fourth-order valence-electron chi connectivity index (χ4n) is 3.36. The zero-order valence-corrected chi connectivity index (χ0v) is 16.3. The van der Waals surface area contributed by atoms with Gasteiger partial charge in [-0.25, -0.2) is 4.90 Å². The van der Waals surface area contributed by atoms with E-state index < -0.39 is 0 Å². The molecular weight excluding hydrogens is 376 g/mol. The molecule has 2 amide bonds. The molecule has 0 fully saturated rings. The van der Waals surface area contributed by atoms with Crippen LogP contribution in [-0.4, -0.2) is 18.4 Å². The van der Waals surface area contributed by atoms with E-state index in [0.717, 1.165) is 11.1 Å². The third-order valence-electron chi connectivity index (χ3n) is 4.87. The van der Waals surface area contributed by atoms with Crippen molar-refractivity contribution >= 4 is 29.2 Å². The van der Waals surface area contributed by atoms with Gasteiger partial charge in [-0.3, -0.25) is 9.59 Å². The molecule has 1 aliphatic rings. The minimum atomic E-state index is -0.368. The molecule has 5 heteroatoms. The Morgan fingerprint density at radius 3 is 2.23 bits per heavy atom. The number of anilines is 1. The average Bonchev–Trinajstić information content (AvgIpc) is 2.77. The first-order chi connectivity index (χ1) is 14.6. The highest BCUT2D eigenvalue weighted by molar-refractivity contribution is 6.43. The number of amides is 2. The van der Waals surface area contributed by atoms with Crippen molar-refractivity contribution < 1.29 is 14.3 Å². The van der Waals surface area contributed by atoms with Crippen LogP contribution < -0.4 is 9.64 Å². The van der Waals surface area contributed by atoms with Gasteiger partial charge < -0.3 is 4.74 Å². The fourth-order valence-corrected chi connectivity index (χ4v) is 3.36. The third-order valence-corrected chi connectivity index (χ3v) is 4.87. The fraction of sp³-hybridized carbons (Fsp3) is 0.0800. The molecule has 0 saturated carbocycles. The summed E-state index contributed by atoms with van der Waals surface area (Å²) in [5, 5.41) is 8.62. The summed E-state index contributed by atoms with van der Waals surface area (Å²) in [6.07, 6.45) is 1.77. The van der Waals surface area contributed by atoms with Crippen molar-refractivity contribution in [1.82, 2.24) is 0 Å². The molecule has 4 rings (SSSR count). The van der Waals surface area contributed by atoms with Crippen LogP contribution in [0.2, 0.25) is 0 Å². The zero-order chi connectivity index (χ0) is 21.1. The highest BCUT2D eigenvalue weighted by Crippen LogP contribution is 2.33. The molecule has 0 spiro atoms. The summed E-state index contributed by atoms with van der Waals surface area (Å²) in [6, 6.07) is 23.4. The number of nitriles is 1. The van der Waals surface area contributed by atoms with E-state index in [1.165, 1.54) is 4.90 Å². The Hall–Kier alpha value is -4.17. The van der Waals surface area contributed by atoms with Gasteiger partial charge in [0.2, 0.25) is 0 Å². The van der Waals surface area contributed by atoms with Crippen molar-refractivity contribution in [1.29, 1.82) is 5.26 Å². The lowest BCUT2D eigenvalue weighted by atomic mass is 9.91. The Morgan fingerprint density at radius 2 is 1.57 bits per heavy atom. The summed E-state index contributed by atoms with van der Waals surface area (Å²) in [7, 11) is 0. The molecule has 5 nitrogen and oxygen atoms in total. The minimum absolute atomic E-state index is 0.0279. The van der Waals surface area contributed by atoms with E-state index in [2.05, 4.69) is 0 Å². The van der Waals surface area contributed by atoms with Gasteiger partial charge in [-0.2, -0.15) is 5.26 Å². The highest BCUT2D eigenvalue weighted by Gasteiger charge is 2.35. The van der Waals surface area contributed by atoms with Crippen LogP contribution >= 0.6 is 0 Å². The summed E-state index contributed by atoms with van der Waals surface area (Å²) >= 11 is 0. The van der Waals surface area contributed by atoms with Crippen LogP contribution in [0, 0.1) is 18.3 Å². The van der Waals surface area contributed by atoms with E-state index >= 15 is 0 Å². The van der Waals surface area contributed by atoms with Gasteiger partial charge in [0.15, 0.2) is 6.61 Å². The monoisotopic (exact) mass is 394 g/mol. The number of nitrogens with zero attached hydrogens (tertiary/aromatic N) is 2. The largest absolute Gasteiger partial charge is 0.479 e. The molecule has 3 aromatic carbocycles. The summed E-state index contributed by atoms with van der Waals surface area (Å²) in [5.74, 6) is -0.130. The molecule has 0 radical (unpaired) electrons. The molecule has 0 saturated heterocycles. The highest BCUT2D eigenvalue weighted by atomic mass is 16.5. The number of imide groups is 1. The predicted octanol–water partition coefficient (Wildman–Crippen LogP) is 4.63. The van der Waals surface area contributed by atoms with E-state index in [4.69, 9.17) is 10.00 Å². The summed E-state index contributed by atoms with van der Waals surface area (Å²) < 4.78 is 5.27. The normalized spacial score (nSPS) is 14.4. The Labute approximate surface area is 174 Å². The Kier molecular flexibility index (Phi) is 5.15. The summed E-state index contributed by atoms with van der Waals surface area (Å²) in [6.45, 7) is 1.92. The van der Waals surface area contributed by atoms with E-state index in [0.29, 0.717) is 28.1 Å². The first-order valence-corrected chi connectivity index (χ1v) is 9.45. The third kappa shape index (κ3) is 3.59. The molecule has 3 aromatic rings. The second kappa shape index (κ2) is 8.06. The lowest BCUT2D eigenvalue weighted by Crippen LogP contribution is -2.41. The molecule has 0 bridgehead atoms. The topological polar surface area (TPSA) is 70.4 Å². The maximum Gasteiger partial charge on any atom is 0.265 e. The van der Waals surface area contributed by atoms with Gasteiger partial charge in [0.1, 0.15) is 11.8 Å². The van der Waals surface area contributed by atoms with Gasteiger partial charge in [-0.15, -0.1) is 0 Å². The van der Waals surface area contributed by atoms with Gasteiger partial charge in [0.05, 0.1) is 5.69 Å². The predicted molar refractivity (Wildman–Crippen MR) is 115 cm³/mol. The first-order valence-electron chi connectivity index (χ1n) is 9.45. The van der Waals surface area contributed by atoms with Gasteiger partial charge >= 0.3 is 0 Å². The Morgan fingerprint density at radius 1 is 0.900 bits per heavy atom. The number of fused-ring (bicyclic) bond motifs is 1. The van der Waals surface area contributed by atoms with E-state index in [-0.39, 0.29) is 18.4 Å². The second-order valence-corrected chi connectivity index (χ2v) is 6.90. The van der Waals surface area contributed by atoms with E-state index in [9.17, 15) is 9.59 Å². The molecule has 1 aliphatic heterocycles. The minimum Gasteiger partial charge on any atom is -0.479 e.